The average Bonchev–Trinajstić information content (AvgIpc) is 2.47. The van der Waals surface area contributed by atoms with E-state index < -0.39 is 4.92 Å². The molecule has 1 radical (unpaired) electrons. The first-order valence-electron chi connectivity index (χ1n) is 6.55. The fourth-order valence-electron chi connectivity index (χ4n) is 1.91. The Morgan fingerprint density at radius 1 is 1.05 bits per heavy atom. The molecule has 2 aromatic carbocycles. The molecule has 5 nitrogen and oxygen atoms in total. The molecule has 0 aliphatic carbocycles. The van der Waals surface area contributed by atoms with Crippen LogP contribution in [0, 0.1) is 10.1 Å². The van der Waals surface area contributed by atoms with E-state index in [1.54, 1.807) is 12.1 Å². The molecule has 0 amide bonds. The summed E-state index contributed by atoms with van der Waals surface area (Å²) in [5, 5.41) is 10.6. The van der Waals surface area contributed by atoms with Gasteiger partial charge in [-0.1, -0.05) is 0 Å². The second-order valence-electron chi connectivity index (χ2n) is 4.91. The van der Waals surface area contributed by atoms with Gasteiger partial charge in [0.2, 0.25) is 0 Å². The molecular formula is C16H17IrN3O2. The number of hydrogen-bond acceptors (Lipinski definition) is 4. The topological polar surface area (TPSA) is 58.7 Å². The number of nitro groups is 1. The van der Waals surface area contributed by atoms with Gasteiger partial charge >= 0.3 is 0 Å². The third-order valence-electron chi connectivity index (χ3n) is 3.16. The van der Waals surface area contributed by atoms with Crippen LogP contribution in [0.25, 0.3) is 0 Å². The van der Waals surface area contributed by atoms with Gasteiger partial charge in [0, 0.05) is 57.7 Å². The van der Waals surface area contributed by atoms with Crippen molar-refractivity contribution in [1.82, 2.24) is 0 Å². The van der Waals surface area contributed by atoms with Crippen LogP contribution in [0.4, 0.5) is 17.1 Å². The zero-order valence-corrected chi connectivity index (χ0v) is 15.0. The maximum Gasteiger partial charge on any atom is 0.269 e. The van der Waals surface area contributed by atoms with Gasteiger partial charge in [0.25, 0.3) is 5.69 Å². The fraction of sp³-hybridized carbons (Fsp3) is 0.188. The van der Waals surface area contributed by atoms with Crippen molar-refractivity contribution in [2.75, 3.05) is 19.0 Å². The number of benzene rings is 2. The maximum absolute atomic E-state index is 10.6. The van der Waals surface area contributed by atoms with Crippen molar-refractivity contribution in [2.45, 2.75) is 6.92 Å². The normalized spacial score (nSPS) is 10.8. The summed E-state index contributed by atoms with van der Waals surface area (Å²) < 4.78 is 0. The molecule has 0 saturated heterocycles. The van der Waals surface area contributed by atoms with Gasteiger partial charge in [0.05, 0.1) is 10.6 Å². The summed E-state index contributed by atoms with van der Waals surface area (Å²) in [7, 11) is 3.97. The Bertz CT molecular complexity index is 665. The van der Waals surface area contributed by atoms with E-state index >= 15 is 0 Å². The van der Waals surface area contributed by atoms with Gasteiger partial charge in [-0.3, -0.25) is 15.1 Å². The van der Waals surface area contributed by atoms with Gasteiger partial charge in [-0.15, -0.1) is 0 Å². The molecule has 2 rings (SSSR count). The molecule has 0 atom stereocenters. The average molecular weight is 476 g/mol. The number of rotatable bonds is 4. The predicted octanol–water partition coefficient (Wildman–Crippen LogP) is 3.80. The molecule has 0 heterocycles. The van der Waals surface area contributed by atoms with Gasteiger partial charge in [-0.2, -0.15) is 0 Å². The first-order valence-corrected chi connectivity index (χ1v) is 6.55. The van der Waals surface area contributed by atoms with Gasteiger partial charge in [-0.05, 0) is 48.9 Å². The van der Waals surface area contributed by atoms with Gasteiger partial charge < -0.3 is 4.90 Å². The summed E-state index contributed by atoms with van der Waals surface area (Å²) >= 11 is 0. The maximum atomic E-state index is 10.6. The zero-order valence-electron chi connectivity index (χ0n) is 12.6. The Labute approximate surface area is 143 Å². The van der Waals surface area contributed by atoms with Crippen LogP contribution in [0.5, 0.6) is 0 Å². The van der Waals surface area contributed by atoms with Crippen LogP contribution < -0.4 is 4.90 Å². The Balaban J connectivity index is 0.00000242. The van der Waals surface area contributed by atoms with E-state index in [0.717, 1.165) is 22.6 Å². The number of nitro benzene ring substituents is 1. The van der Waals surface area contributed by atoms with Crippen molar-refractivity contribution in [3.63, 3.8) is 0 Å². The van der Waals surface area contributed by atoms with E-state index in [1.807, 2.05) is 50.2 Å². The van der Waals surface area contributed by atoms with Crippen LogP contribution in [0.3, 0.4) is 0 Å². The molecular weight excluding hydrogens is 458 g/mol. The molecule has 0 N–H and O–H groups in total. The quantitative estimate of drug-likeness (QED) is 0.384. The van der Waals surface area contributed by atoms with E-state index in [0.29, 0.717) is 0 Å². The number of aliphatic imine (C=N–C) groups is 1. The minimum atomic E-state index is -0.407. The zero-order chi connectivity index (χ0) is 15.4. The summed E-state index contributed by atoms with van der Waals surface area (Å²) in [4.78, 5) is 16.8. The van der Waals surface area contributed by atoms with Gasteiger partial charge in [-0.25, -0.2) is 0 Å². The van der Waals surface area contributed by atoms with Crippen molar-refractivity contribution < 1.29 is 25.0 Å². The van der Waals surface area contributed by atoms with Crippen LogP contribution in [-0.2, 0) is 20.1 Å². The second kappa shape index (κ2) is 7.82. The molecule has 0 saturated carbocycles. The number of anilines is 1. The summed E-state index contributed by atoms with van der Waals surface area (Å²) in [6, 6.07) is 14.3. The largest absolute Gasteiger partial charge is 0.378 e. The summed E-state index contributed by atoms with van der Waals surface area (Å²) in [5.74, 6) is 0. The monoisotopic (exact) mass is 476 g/mol. The van der Waals surface area contributed by atoms with E-state index in [-0.39, 0.29) is 25.8 Å². The molecule has 0 bridgehead atoms. The van der Waals surface area contributed by atoms with Crippen LogP contribution in [0.15, 0.2) is 53.5 Å². The molecule has 0 fully saturated rings. The summed E-state index contributed by atoms with van der Waals surface area (Å²) in [6.07, 6.45) is 0. The Morgan fingerprint density at radius 2 is 1.59 bits per heavy atom. The number of hydrogen-bond donors (Lipinski definition) is 0. The van der Waals surface area contributed by atoms with E-state index in [9.17, 15) is 10.1 Å². The second-order valence-corrected chi connectivity index (χ2v) is 4.91. The van der Waals surface area contributed by atoms with Crippen molar-refractivity contribution in [3.8, 4) is 0 Å². The minimum Gasteiger partial charge on any atom is -0.378 e. The summed E-state index contributed by atoms with van der Waals surface area (Å²) in [6.45, 7) is 1.89. The van der Waals surface area contributed by atoms with E-state index in [2.05, 4.69) is 4.99 Å². The Hall–Kier alpha value is -2.04. The van der Waals surface area contributed by atoms with Gasteiger partial charge in [0.15, 0.2) is 0 Å². The SMILES string of the molecule is CC(=Nc1ccc(N(C)C)cc1)c1ccc([N+](=O)[O-])cc1.[Ir]. The summed E-state index contributed by atoms with van der Waals surface area (Å²) in [5.41, 5.74) is 3.75. The molecule has 0 aliphatic heterocycles. The van der Waals surface area contributed by atoms with Crippen molar-refractivity contribution >= 4 is 22.8 Å². The third-order valence-corrected chi connectivity index (χ3v) is 3.16. The first-order chi connectivity index (χ1) is 9.97. The van der Waals surface area contributed by atoms with Crippen LogP contribution in [0.2, 0.25) is 0 Å². The molecule has 0 unspecified atom stereocenters. The fourth-order valence-corrected chi connectivity index (χ4v) is 1.91. The predicted molar refractivity (Wildman–Crippen MR) is 85.7 cm³/mol. The molecule has 6 heteroatoms. The van der Waals surface area contributed by atoms with Crippen molar-refractivity contribution in [1.29, 1.82) is 0 Å². The Morgan fingerprint density at radius 3 is 2.05 bits per heavy atom. The van der Waals surface area contributed by atoms with Gasteiger partial charge in [0.1, 0.15) is 0 Å². The van der Waals surface area contributed by atoms with Crippen LogP contribution in [-0.4, -0.2) is 24.7 Å². The molecule has 0 aliphatic rings. The van der Waals surface area contributed by atoms with Crippen molar-refractivity contribution in [3.05, 3.63) is 64.2 Å². The number of nitrogens with zero attached hydrogens (tertiary/aromatic N) is 3. The van der Waals surface area contributed by atoms with E-state index in [4.69, 9.17) is 0 Å². The Kier molecular flexibility index (Phi) is 6.40. The molecule has 117 valence electrons. The molecule has 2 aromatic rings. The van der Waals surface area contributed by atoms with Crippen LogP contribution >= 0.6 is 0 Å². The van der Waals surface area contributed by atoms with E-state index in [1.165, 1.54) is 12.1 Å². The third kappa shape index (κ3) is 4.48. The van der Waals surface area contributed by atoms with Crippen LogP contribution in [0.1, 0.15) is 12.5 Å². The first kappa shape index (κ1) is 18.0. The molecule has 0 aromatic heterocycles. The minimum absolute atomic E-state index is 0. The standard InChI is InChI=1S/C16H17N3O2.Ir/c1-12(13-4-8-16(9-5-13)19(20)21)17-14-6-10-15(11-7-14)18(2)3;/h4-11H,1-3H3;. The van der Waals surface area contributed by atoms with Crippen molar-refractivity contribution in [2.24, 2.45) is 4.99 Å². The smallest absolute Gasteiger partial charge is 0.269 e. The number of non-ortho nitro benzene ring substituents is 1. The molecule has 22 heavy (non-hydrogen) atoms. The molecule has 0 spiro atoms.